The molecular formula is C15H12O2. The Kier molecular flexibility index (Phi) is 2.11. The van der Waals surface area contributed by atoms with Gasteiger partial charge in [-0.15, -0.1) is 0 Å². The van der Waals surface area contributed by atoms with Gasteiger partial charge in [0, 0.05) is 17.0 Å². The van der Waals surface area contributed by atoms with Crippen molar-refractivity contribution in [3.63, 3.8) is 0 Å². The maximum atomic E-state index is 12.2. The first-order valence-corrected chi connectivity index (χ1v) is 5.73. The molecule has 1 aromatic rings. The summed E-state index contributed by atoms with van der Waals surface area (Å²) in [4.78, 5) is 23.8. The highest BCUT2D eigenvalue weighted by Crippen LogP contribution is 2.43. The molecule has 0 aliphatic heterocycles. The third-order valence-corrected chi connectivity index (χ3v) is 3.52. The van der Waals surface area contributed by atoms with Gasteiger partial charge in [0.2, 0.25) is 0 Å². The van der Waals surface area contributed by atoms with Crippen LogP contribution in [-0.2, 0) is 0 Å². The molecule has 0 aromatic heterocycles. The Morgan fingerprint density at radius 1 is 1.12 bits per heavy atom. The lowest BCUT2D eigenvalue weighted by molar-refractivity contribution is 0.0953. The maximum Gasteiger partial charge on any atom is 0.170 e. The van der Waals surface area contributed by atoms with Crippen LogP contribution in [0.4, 0.5) is 0 Å². The van der Waals surface area contributed by atoms with Gasteiger partial charge in [0.1, 0.15) is 0 Å². The first-order chi connectivity index (χ1) is 8.20. The lowest BCUT2D eigenvalue weighted by Crippen LogP contribution is -2.11. The third kappa shape index (κ3) is 1.34. The summed E-state index contributed by atoms with van der Waals surface area (Å²) in [6.45, 7) is 1.55. The minimum Gasteiger partial charge on any atom is -0.295 e. The molecule has 17 heavy (non-hydrogen) atoms. The topological polar surface area (TPSA) is 34.1 Å². The molecule has 1 aromatic carbocycles. The van der Waals surface area contributed by atoms with Crippen LogP contribution in [0, 0.1) is 5.92 Å². The smallest absolute Gasteiger partial charge is 0.170 e. The molecule has 2 unspecified atom stereocenters. The normalized spacial score (nSPS) is 24.6. The average Bonchev–Trinajstić information content (AvgIpc) is 2.64. The molecule has 0 saturated heterocycles. The van der Waals surface area contributed by atoms with E-state index in [2.05, 4.69) is 0 Å². The highest BCUT2D eigenvalue weighted by molar-refractivity contribution is 6.09. The number of allylic oxidation sites excluding steroid dienone is 4. The van der Waals surface area contributed by atoms with E-state index in [1.807, 2.05) is 36.4 Å². The van der Waals surface area contributed by atoms with E-state index in [1.165, 1.54) is 0 Å². The molecule has 0 amide bonds. The maximum absolute atomic E-state index is 12.2. The number of hydrogen-bond acceptors (Lipinski definition) is 2. The van der Waals surface area contributed by atoms with Crippen LogP contribution in [-0.4, -0.2) is 11.6 Å². The second kappa shape index (κ2) is 3.52. The van der Waals surface area contributed by atoms with Crippen molar-refractivity contribution in [3.8, 4) is 0 Å². The molecular weight excluding hydrogens is 212 g/mol. The quantitative estimate of drug-likeness (QED) is 0.687. The van der Waals surface area contributed by atoms with Gasteiger partial charge < -0.3 is 0 Å². The Bertz CT molecular complexity index is 579. The molecule has 0 heterocycles. The van der Waals surface area contributed by atoms with E-state index in [0.717, 1.165) is 5.56 Å². The molecule has 2 atom stereocenters. The lowest BCUT2D eigenvalue weighted by Gasteiger charge is -2.16. The summed E-state index contributed by atoms with van der Waals surface area (Å²) in [5.41, 5.74) is 2.31. The molecule has 0 bridgehead atoms. The highest BCUT2D eigenvalue weighted by atomic mass is 16.1. The van der Waals surface area contributed by atoms with Crippen LogP contribution >= 0.6 is 0 Å². The number of benzene rings is 1. The molecule has 0 N–H and O–H groups in total. The van der Waals surface area contributed by atoms with E-state index < -0.39 is 0 Å². The number of fused-ring (bicyclic) bond motifs is 3. The van der Waals surface area contributed by atoms with E-state index in [1.54, 1.807) is 13.0 Å². The fourth-order valence-electron chi connectivity index (χ4n) is 2.76. The molecule has 2 aliphatic carbocycles. The zero-order valence-electron chi connectivity index (χ0n) is 9.51. The Labute approximate surface area is 99.6 Å². The van der Waals surface area contributed by atoms with Crippen molar-refractivity contribution in [1.82, 2.24) is 0 Å². The van der Waals surface area contributed by atoms with Crippen molar-refractivity contribution in [3.05, 3.63) is 59.2 Å². The van der Waals surface area contributed by atoms with Crippen molar-refractivity contribution in [1.29, 1.82) is 0 Å². The molecule has 0 saturated carbocycles. The van der Waals surface area contributed by atoms with Crippen LogP contribution in [0.5, 0.6) is 0 Å². The van der Waals surface area contributed by atoms with Crippen LogP contribution in [0.2, 0.25) is 0 Å². The van der Waals surface area contributed by atoms with Gasteiger partial charge in [0.15, 0.2) is 11.6 Å². The fourth-order valence-corrected chi connectivity index (χ4v) is 2.76. The number of ketones is 2. The van der Waals surface area contributed by atoms with Gasteiger partial charge >= 0.3 is 0 Å². The summed E-state index contributed by atoms with van der Waals surface area (Å²) in [5.74, 6) is 0.0880. The van der Waals surface area contributed by atoms with E-state index in [9.17, 15) is 9.59 Å². The fraction of sp³-hybridized carbons (Fsp3) is 0.200. The largest absolute Gasteiger partial charge is 0.295 e. The van der Waals surface area contributed by atoms with Crippen LogP contribution in [0.15, 0.2) is 42.5 Å². The molecule has 2 aliphatic rings. The van der Waals surface area contributed by atoms with Crippen molar-refractivity contribution >= 4 is 11.6 Å². The number of hydrogen-bond donors (Lipinski definition) is 0. The van der Waals surface area contributed by atoms with Crippen molar-refractivity contribution in [2.24, 2.45) is 5.92 Å². The summed E-state index contributed by atoms with van der Waals surface area (Å²) >= 11 is 0. The standard InChI is InChI=1S/C15H12O2/c1-9(16)10-7-4-8-13-14(10)11-5-2-3-6-12(11)15(13)17/h2-8,11-12H,1H3. The van der Waals surface area contributed by atoms with E-state index in [0.29, 0.717) is 11.1 Å². The van der Waals surface area contributed by atoms with E-state index in [-0.39, 0.29) is 23.4 Å². The van der Waals surface area contributed by atoms with Crippen LogP contribution in [0.25, 0.3) is 0 Å². The van der Waals surface area contributed by atoms with Gasteiger partial charge in [-0.25, -0.2) is 0 Å². The SMILES string of the molecule is CC(=O)c1cccc2c1C1C=CC=CC1C2=O. The third-order valence-electron chi connectivity index (χ3n) is 3.52. The van der Waals surface area contributed by atoms with Crippen molar-refractivity contribution in [2.75, 3.05) is 0 Å². The van der Waals surface area contributed by atoms with Gasteiger partial charge in [-0.2, -0.15) is 0 Å². The molecule has 84 valence electrons. The van der Waals surface area contributed by atoms with Gasteiger partial charge in [-0.1, -0.05) is 42.5 Å². The molecule has 2 nitrogen and oxygen atoms in total. The molecule has 3 rings (SSSR count). The predicted molar refractivity (Wildman–Crippen MR) is 65.3 cm³/mol. The van der Waals surface area contributed by atoms with Gasteiger partial charge in [-0.05, 0) is 12.5 Å². The average molecular weight is 224 g/mol. The summed E-state index contributed by atoms with van der Waals surface area (Å²) in [7, 11) is 0. The molecule has 0 radical (unpaired) electrons. The molecule has 0 spiro atoms. The van der Waals surface area contributed by atoms with Crippen molar-refractivity contribution < 1.29 is 9.59 Å². The van der Waals surface area contributed by atoms with Gasteiger partial charge in [0.25, 0.3) is 0 Å². The van der Waals surface area contributed by atoms with Crippen molar-refractivity contribution in [2.45, 2.75) is 12.8 Å². The summed E-state index contributed by atoms with van der Waals surface area (Å²) in [6, 6.07) is 5.42. The van der Waals surface area contributed by atoms with Crippen LogP contribution < -0.4 is 0 Å². The second-order valence-corrected chi connectivity index (χ2v) is 4.51. The lowest BCUT2D eigenvalue weighted by atomic mass is 9.86. The first kappa shape index (κ1) is 10.2. The minimum absolute atomic E-state index is 0.0262. The number of rotatable bonds is 1. The van der Waals surface area contributed by atoms with E-state index in [4.69, 9.17) is 0 Å². The monoisotopic (exact) mass is 224 g/mol. The minimum atomic E-state index is -0.115. The first-order valence-electron chi connectivity index (χ1n) is 5.73. The van der Waals surface area contributed by atoms with Gasteiger partial charge in [-0.3, -0.25) is 9.59 Å². The molecule has 2 heteroatoms. The van der Waals surface area contributed by atoms with Gasteiger partial charge in [0.05, 0.1) is 5.92 Å². The predicted octanol–water partition coefficient (Wildman–Crippen LogP) is 2.91. The Hall–Kier alpha value is -1.96. The second-order valence-electron chi connectivity index (χ2n) is 4.51. The zero-order valence-corrected chi connectivity index (χ0v) is 9.51. The summed E-state index contributed by atoms with van der Waals surface area (Å²) < 4.78 is 0. The number of carbonyl (C=O) groups excluding carboxylic acids is 2. The number of carbonyl (C=O) groups is 2. The Morgan fingerprint density at radius 3 is 2.53 bits per heavy atom. The Morgan fingerprint density at radius 2 is 1.82 bits per heavy atom. The van der Waals surface area contributed by atoms with Crippen LogP contribution in [0.1, 0.15) is 39.1 Å². The summed E-state index contributed by atoms with van der Waals surface area (Å²) in [6.07, 6.45) is 7.79. The summed E-state index contributed by atoms with van der Waals surface area (Å²) in [5, 5.41) is 0. The Balaban J connectivity index is 2.26. The zero-order chi connectivity index (χ0) is 12.0. The molecule has 0 fully saturated rings. The van der Waals surface area contributed by atoms with E-state index >= 15 is 0 Å². The van der Waals surface area contributed by atoms with Crippen LogP contribution in [0.3, 0.4) is 0 Å². The highest BCUT2D eigenvalue weighted by Gasteiger charge is 2.39. The number of Topliss-reactive ketones (excluding diaryl/α,β-unsaturated/α-hetero) is 2.